The average molecular weight is 439 g/mol. The Morgan fingerprint density at radius 1 is 1.19 bits per heavy atom. The molecule has 0 unspecified atom stereocenters. The van der Waals surface area contributed by atoms with Crippen LogP contribution < -0.4 is 18.9 Å². The second kappa shape index (κ2) is 9.32. The molecule has 0 aliphatic carbocycles. The van der Waals surface area contributed by atoms with Crippen molar-refractivity contribution in [3.63, 3.8) is 0 Å². The minimum absolute atomic E-state index is 0.0459. The quantitative estimate of drug-likeness (QED) is 0.663. The molecule has 0 spiro atoms. The first kappa shape index (κ1) is 21.7. The summed E-state index contributed by atoms with van der Waals surface area (Å²) < 4.78 is 21.9. The molecule has 1 saturated heterocycles. The maximum Gasteiger partial charge on any atom is 0.260 e. The van der Waals surface area contributed by atoms with Gasteiger partial charge in [-0.2, -0.15) is 0 Å². The molecule has 8 nitrogen and oxygen atoms in total. The molecule has 8 heteroatoms. The molecule has 2 aromatic rings. The van der Waals surface area contributed by atoms with Crippen LogP contribution in [0.4, 0.5) is 0 Å². The number of rotatable bonds is 7. The van der Waals surface area contributed by atoms with Crippen molar-refractivity contribution in [2.45, 2.75) is 18.9 Å². The lowest BCUT2D eigenvalue weighted by Crippen LogP contribution is -2.40. The number of aliphatic hydroxyl groups is 1. The third kappa shape index (κ3) is 4.27. The maximum atomic E-state index is 12.7. The number of fused-ring (bicyclic) bond motifs is 1. The van der Waals surface area contributed by atoms with Crippen LogP contribution >= 0.6 is 0 Å². The van der Waals surface area contributed by atoms with Gasteiger partial charge in [-0.05, 0) is 48.7 Å². The molecule has 2 heterocycles. The van der Waals surface area contributed by atoms with E-state index in [1.807, 2.05) is 0 Å². The van der Waals surface area contributed by atoms with Gasteiger partial charge in [-0.3, -0.25) is 9.59 Å². The minimum atomic E-state index is -0.236. The van der Waals surface area contributed by atoms with E-state index >= 15 is 0 Å². The molecular formula is C24H25NO7. The third-order valence-corrected chi connectivity index (χ3v) is 5.62. The maximum absolute atomic E-state index is 12.7. The van der Waals surface area contributed by atoms with Gasteiger partial charge in [0.1, 0.15) is 11.5 Å². The summed E-state index contributed by atoms with van der Waals surface area (Å²) in [6.45, 7) is 0.437. The smallest absolute Gasteiger partial charge is 0.260 e. The molecule has 0 aromatic heterocycles. The van der Waals surface area contributed by atoms with Gasteiger partial charge in [0.05, 0.1) is 32.4 Å². The van der Waals surface area contributed by atoms with Gasteiger partial charge in [0.25, 0.3) is 5.91 Å². The number of hydrogen-bond acceptors (Lipinski definition) is 7. The summed E-state index contributed by atoms with van der Waals surface area (Å²) in [5.41, 5.74) is 1.15. The second-order valence-electron chi connectivity index (χ2n) is 7.57. The molecule has 1 atom stereocenters. The number of Topliss-reactive ketones (excluding diaryl/α,β-unsaturated/α-hetero) is 1. The van der Waals surface area contributed by atoms with E-state index in [0.29, 0.717) is 35.1 Å². The van der Waals surface area contributed by atoms with E-state index in [4.69, 9.17) is 18.9 Å². The molecule has 0 radical (unpaired) electrons. The fraction of sp³-hybridized carbons (Fsp3) is 0.333. The Morgan fingerprint density at radius 3 is 2.75 bits per heavy atom. The highest BCUT2D eigenvalue weighted by molar-refractivity contribution is 6.14. The van der Waals surface area contributed by atoms with Crippen molar-refractivity contribution < 1.29 is 33.6 Å². The Balaban J connectivity index is 1.45. The Kier molecular flexibility index (Phi) is 6.32. The first-order valence-corrected chi connectivity index (χ1v) is 10.4. The molecule has 0 bridgehead atoms. The topological polar surface area (TPSA) is 94.5 Å². The number of carbonyl (C=O) groups excluding carboxylic acids is 2. The lowest BCUT2D eigenvalue weighted by Gasteiger charge is -2.22. The van der Waals surface area contributed by atoms with Crippen LogP contribution in [0.25, 0.3) is 6.08 Å². The number of benzene rings is 2. The van der Waals surface area contributed by atoms with Gasteiger partial charge in [0, 0.05) is 12.6 Å². The highest BCUT2D eigenvalue weighted by Gasteiger charge is 2.30. The predicted molar refractivity (Wildman–Crippen MR) is 116 cm³/mol. The zero-order valence-electron chi connectivity index (χ0n) is 18.0. The van der Waals surface area contributed by atoms with E-state index in [2.05, 4.69) is 0 Å². The number of carbonyl (C=O) groups is 2. The SMILES string of the molecule is COc1ccc(/C=C2\Oc3cc(OCC(=O)N4CCC[C@@H]4CO)ccc3C2=O)cc1OC. The van der Waals surface area contributed by atoms with Gasteiger partial charge in [0.15, 0.2) is 23.9 Å². The lowest BCUT2D eigenvalue weighted by molar-refractivity contribution is -0.134. The number of methoxy groups -OCH3 is 2. The van der Waals surface area contributed by atoms with Crippen molar-refractivity contribution in [2.75, 3.05) is 34.0 Å². The van der Waals surface area contributed by atoms with Crippen LogP contribution in [0, 0.1) is 0 Å². The van der Waals surface area contributed by atoms with Crippen molar-refractivity contribution in [2.24, 2.45) is 0 Å². The van der Waals surface area contributed by atoms with Crippen LogP contribution in [0.2, 0.25) is 0 Å². The summed E-state index contributed by atoms with van der Waals surface area (Å²) in [5, 5.41) is 9.39. The van der Waals surface area contributed by atoms with Crippen LogP contribution in [0.5, 0.6) is 23.0 Å². The number of aliphatic hydroxyl groups excluding tert-OH is 1. The van der Waals surface area contributed by atoms with E-state index in [1.54, 1.807) is 61.6 Å². The van der Waals surface area contributed by atoms with Gasteiger partial charge in [-0.25, -0.2) is 0 Å². The highest BCUT2D eigenvalue weighted by atomic mass is 16.5. The fourth-order valence-corrected chi connectivity index (χ4v) is 3.93. The Labute approximate surface area is 185 Å². The van der Waals surface area contributed by atoms with E-state index in [1.165, 1.54) is 0 Å². The standard InChI is InChI=1S/C24H25NO7/c1-29-19-8-5-15(10-21(19)30-2)11-22-24(28)18-7-6-17(12-20(18)32-22)31-14-23(27)25-9-3-4-16(25)13-26/h5-8,10-12,16,26H,3-4,9,13-14H2,1-2H3/b22-11-/t16-/m1/s1. The van der Waals surface area contributed by atoms with Crippen molar-refractivity contribution in [3.8, 4) is 23.0 Å². The molecule has 2 aliphatic heterocycles. The molecule has 2 aliphatic rings. The summed E-state index contributed by atoms with van der Waals surface area (Å²) in [7, 11) is 3.10. The summed E-state index contributed by atoms with van der Waals surface area (Å²) in [6, 6.07) is 10.0. The number of nitrogens with zero attached hydrogens (tertiary/aromatic N) is 1. The normalized spacial score (nSPS) is 18.5. The summed E-state index contributed by atoms with van der Waals surface area (Å²) in [4.78, 5) is 26.8. The Bertz CT molecular complexity index is 1060. The van der Waals surface area contributed by atoms with Gasteiger partial charge in [-0.1, -0.05) is 6.07 Å². The largest absolute Gasteiger partial charge is 0.493 e. The van der Waals surface area contributed by atoms with Gasteiger partial charge < -0.3 is 29.0 Å². The predicted octanol–water partition coefficient (Wildman–Crippen LogP) is 2.68. The molecule has 1 fully saturated rings. The lowest BCUT2D eigenvalue weighted by atomic mass is 10.1. The molecule has 1 amide bonds. The molecule has 2 aromatic carbocycles. The fourth-order valence-electron chi connectivity index (χ4n) is 3.93. The van der Waals surface area contributed by atoms with E-state index in [-0.39, 0.29) is 36.7 Å². The number of ketones is 1. The van der Waals surface area contributed by atoms with Crippen molar-refractivity contribution in [3.05, 3.63) is 53.3 Å². The zero-order valence-corrected chi connectivity index (χ0v) is 18.0. The third-order valence-electron chi connectivity index (χ3n) is 5.62. The first-order valence-electron chi connectivity index (χ1n) is 10.4. The van der Waals surface area contributed by atoms with Gasteiger partial charge in [0.2, 0.25) is 5.78 Å². The number of likely N-dealkylation sites (tertiary alicyclic amines) is 1. The summed E-state index contributed by atoms with van der Waals surface area (Å²) >= 11 is 0. The molecule has 0 saturated carbocycles. The summed E-state index contributed by atoms with van der Waals surface area (Å²) in [6.07, 6.45) is 3.31. The van der Waals surface area contributed by atoms with E-state index < -0.39 is 0 Å². The number of ether oxygens (including phenoxy) is 4. The first-order chi connectivity index (χ1) is 15.5. The number of amides is 1. The van der Waals surface area contributed by atoms with Gasteiger partial charge in [-0.15, -0.1) is 0 Å². The molecule has 168 valence electrons. The highest BCUT2D eigenvalue weighted by Crippen LogP contribution is 2.36. The van der Waals surface area contributed by atoms with E-state index in [0.717, 1.165) is 18.4 Å². The second-order valence-corrected chi connectivity index (χ2v) is 7.57. The molecule has 32 heavy (non-hydrogen) atoms. The number of allylic oxidation sites excluding steroid dienone is 1. The molecule has 4 rings (SSSR count). The summed E-state index contributed by atoms with van der Waals surface area (Å²) in [5.74, 6) is 1.72. The van der Waals surface area contributed by atoms with E-state index in [9.17, 15) is 14.7 Å². The van der Waals surface area contributed by atoms with Crippen LogP contribution in [0.15, 0.2) is 42.2 Å². The van der Waals surface area contributed by atoms with Crippen LogP contribution in [-0.4, -0.2) is 61.7 Å². The van der Waals surface area contributed by atoms with Crippen LogP contribution in [-0.2, 0) is 4.79 Å². The van der Waals surface area contributed by atoms with Crippen molar-refractivity contribution >= 4 is 17.8 Å². The Hall–Kier alpha value is -3.52. The minimum Gasteiger partial charge on any atom is -0.493 e. The number of hydrogen-bond donors (Lipinski definition) is 1. The van der Waals surface area contributed by atoms with Crippen LogP contribution in [0.3, 0.4) is 0 Å². The van der Waals surface area contributed by atoms with Gasteiger partial charge >= 0.3 is 0 Å². The molecule has 1 N–H and O–H groups in total. The average Bonchev–Trinajstić information content (AvgIpc) is 3.41. The van der Waals surface area contributed by atoms with Crippen LogP contribution in [0.1, 0.15) is 28.8 Å². The monoisotopic (exact) mass is 439 g/mol. The van der Waals surface area contributed by atoms with Crippen molar-refractivity contribution in [1.29, 1.82) is 0 Å². The Morgan fingerprint density at radius 2 is 2.00 bits per heavy atom. The molecular weight excluding hydrogens is 414 g/mol. The van der Waals surface area contributed by atoms with Crippen molar-refractivity contribution in [1.82, 2.24) is 4.90 Å². The zero-order chi connectivity index (χ0) is 22.7.